The summed E-state index contributed by atoms with van der Waals surface area (Å²) in [7, 11) is 0. The van der Waals surface area contributed by atoms with Crippen LogP contribution in [0.25, 0.3) is 10.9 Å². The first-order valence-corrected chi connectivity index (χ1v) is 7.88. The molecular weight excluding hydrogens is 296 g/mol. The molecule has 0 radical (unpaired) electrons. The van der Waals surface area contributed by atoms with Gasteiger partial charge in [0, 0.05) is 22.5 Å². The number of hydrazone groups is 1. The van der Waals surface area contributed by atoms with Crippen molar-refractivity contribution in [1.29, 1.82) is 0 Å². The highest BCUT2D eigenvalue weighted by Gasteiger charge is 2.19. The number of rotatable bonds is 4. The first-order chi connectivity index (χ1) is 10.7. The number of nitrogens with zero attached hydrogens (tertiary/aromatic N) is 2. The third-order valence-corrected chi connectivity index (χ3v) is 4.05. The largest absolute Gasteiger partial charge is 0.350 e. The zero-order valence-corrected chi connectivity index (χ0v) is 13.1. The lowest BCUT2D eigenvalue weighted by molar-refractivity contribution is 0.0949. The molecule has 2 N–H and O–H groups in total. The molecule has 0 aliphatic rings. The minimum absolute atomic E-state index is 0.236. The fourth-order valence-corrected chi connectivity index (χ4v) is 2.94. The van der Waals surface area contributed by atoms with Crippen molar-refractivity contribution in [1.82, 2.24) is 15.4 Å². The highest BCUT2D eigenvalue weighted by molar-refractivity contribution is 7.11. The van der Waals surface area contributed by atoms with Gasteiger partial charge in [-0.2, -0.15) is 5.10 Å². The Labute approximate surface area is 132 Å². The Morgan fingerprint density at radius 3 is 2.95 bits per heavy atom. The predicted octanol–water partition coefficient (Wildman–Crippen LogP) is 3.51. The van der Waals surface area contributed by atoms with Gasteiger partial charge in [-0.3, -0.25) is 4.79 Å². The molecule has 0 bridgehead atoms. The molecule has 22 heavy (non-hydrogen) atoms. The Hall–Kier alpha value is -2.47. The molecule has 3 aromatic rings. The molecule has 0 atom stereocenters. The summed E-state index contributed by atoms with van der Waals surface area (Å²) in [4.78, 5) is 19.7. The van der Waals surface area contributed by atoms with Crippen molar-refractivity contribution in [3.05, 3.63) is 52.1 Å². The van der Waals surface area contributed by atoms with E-state index in [1.165, 1.54) is 11.3 Å². The van der Waals surface area contributed by atoms with Crippen molar-refractivity contribution in [3.8, 4) is 0 Å². The van der Waals surface area contributed by atoms with Gasteiger partial charge < -0.3 is 4.98 Å². The SMILES string of the molecule is CC(C)c1c(C(=O)N/N=C\c2nccs2)[nH]c2ccccc12. The zero-order chi connectivity index (χ0) is 15.5. The molecular formula is C16H16N4OS. The van der Waals surface area contributed by atoms with Crippen LogP contribution in [0.5, 0.6) is 0 Å². The number of aromatic nitrogens is 2. The maximum Gasteiger partial charge on any atom is 0.288 e. The van der Waals surface area contributed by atoms with Crippen LogP contribution in [0.3, 0.4) is 0 Å². The van der Waals surface area contributed by atoms with Crippen molar-refractivity contribution < 1.29 is 4.79 Å². The van der Waals surface area contributed by atoms with Crippen LogP contribution >= 0.6 is 11.3 Å². The Kier molecular flexibility index (Phi) is 4.02. The van der Waals surface area contributed by atoms with Gasteiger partial charge in [-0.1, -0.05) is 32.0 Å². The van der Waals surface area contributed by atoms with Gasteiger partial charge >= 0.3 is 0 Å². The van der Waals surface area contributed by atoms with Gasteiger partial charge in [-0.05, 0) is 17.5 Å². The van der Waals surface area contributed by atoms with Gasteiger partial charge in [0.1, 0.15) is 10.7 Å². The van der Waals surface area contributed by atoms with E-state index in [-0.39, 0.29) is 11.8 Å². The van der Waals surface area contributed by atoms with Crippen molar-refractivity contribution in [2.75, 3.05) is 0 Å². The summed E-state index contributed by atoms with van der Waals surface area (Å²) < 4.78 is 0. The van der Waals surface area contributed by atoms with Crippen molar-refractivity contribution >= 4 is 34.4 Å². The second-order valence-corrected chi connectivity index (χ2v) is 6.11. The number of para-hydroxylation sites is 1. The number of carbonyl (C=O) groups is 1. The van der Waals surface area contributed by atoms with Gasteiger partial charge in [-0.15, -0.1) is 11.3 Å². The fourth-order valence-electron chi connectivity index (χ4n) is 2.44. The number of H-pyrrole nitrogens is 1. The number of fused-ring (bicyclic) bond motifs is 1. The molecule has 0 saturated heterocycles. The van der Waals surface area contributed by atoms with E-state index in [9.17, 15) is 4.79 Å². The summed E-state index contributed by atoms with van der Waals surface area (Å²) in [6.45, 7) is 4.15. The number of nitrogens with one attached hydrogen (secondary N) is 2. The average molecular weight is 312 g/mol. The molecule has 3 rings (SSSR count). The minimum atomic E-state index is -0.243. The van der Waals surface area contributed by atoms with Crippen LogP contribution in [0.2, 0.25) is 0 Å². The lowest BCUT2D eigenvalue weighted by atomic mass is 9.99. The van der Waals surface area contributed by atoms with Crippen molar-refractivity contribution in [2.45, 2.75) is 19.8 Å². The maximum atomic E-state index is 12.4. The number of aromatic amines is 1. The normalized spacial score (nSPS) is 11.6. The van der Waals surface area contributed by atoms with E-state index >= 15 is 0 Å². The molecule has 6 heteroatoms. The molecule has 0 aliphatic heterocycles. The van der Waals surface area contributed by atoms with E-state index in [0.29, 0.717) is 5.69 Å². The third kappa shape index (κ3) is 2.78. The topological polar surface area (TPSA) is 70.1 Å². The number of benzene rings is 1. The molecule has 2 aromatic heterocycles. The Balaban J connectivity index is 1.88. The van der Waals surface area contributed by atoms with Gasteiger partial charge in [-0.25, -0.2) is 10.4 Å². The van der Waals surface area contributed by atoms with E-state index in [1.54, 1.807) is 12.4 Å². The van der Waals surface area contributed by atoms with Crippen LogP contribution in [0.1, 0.15) is 40.8 Å². The summed E-state index contributed by atoms with van der Waals surface area (Å²) >= 11 is 1.46. The van der Waals surface area contributed by atoms with Crippen molar-refractivity contribution in [3.63, 3.8) is 0 Å². The van der Waals surface area contributed by atoms with E-state index in [1.807, 2.05) is 29.6 Å². The maximum absolute atomic E-state index is 12.4. The quantitative estimate of drug-likeness (QED) is 0.571. The minimum Gasteiger partial charge on any atom is -0.350 e. The Morgan fingerprint density at radius 2 is 2.23 bits per heavy atom. The van der Waals surface area contributed by atoms with E-state index in [2.05, 4.69) is 34.3 Å². The van der Waals surface area contributed by atoms with Gasteiger partial charge in [0.15, 0.2) is 0 Å². The summed E-state index contributed by atoms with van der Waals surface area (Å²) in [5, 5.41) is 7.65. The van der Waals surface area contributed by atoms with Crippen LogP contribution in [0, 0.1) is 0 Å². The molecule has 112 valence electrons. The molecule has 0 fully saturated rings. The zero-order valence-electron chi connectivity index (χ0n) is 12.3. The van der Waals surface area contributed by atoms with Crippen LogP contribution in [0.4, 0.5) is 0 Å². The molecule has 1 aromatic carbocycles. The number of thiazole rings is 1. The average Bonchev–Trinajstić information content (AvgIpc) is 3.13. The smallest absolute Gasteiger partial charge is 0.288 e. The van der Waals surface area contributed by atoms with Crippen LogP contribution in [-0.4, -0.2) is 22.1 Å². The van der Waals surface area contributed by atoms with E-state index in [0.717, 1.165) is 21.5 Å². The Bertz CT molecular complexity index is 818. The molecule has 2 heterocycles. The summed E-state index contributed by atoms with van der Waals surface area (Å²) in [5.41, 5.74) is 5.09. The number of hydrogen-bond acceptors (Lipinski definition) is 4. The fraction of sp³-hybridized carbons (Fsp3) is 0.188. The first kappa shape index (κ1) is 14.5. The molecule has 5 nitrogen and oxygen atoms in total. The second kappa shape index (κ2) is 6.11. The lowest BCUT2D eigenvalue weighted by Crippen LogP contribution is -2.19. The summed E-state index contributed by atoms with van der Waals surface area (Å²) in [5.74, 6) is -0.00690. The second-order valence-electron chi connectivity index (χ2n) is 5.18. The predicted molar refractivity (Wildman–Crippen MR) is 89.6 cm³/mol. The van der Waals surface area contributed by atoms with Gasteiger partial charge in [0.2, 0.25) is 0 Å². The molecule has 1 amide bonds. The molecule has 0 aliphatic carbocycles. The summed E-state index contributed by atoms with van der Waals surface area (Å²) in [6.07, 6.45) is 3.24. The monoisotopic (exact) mass is 312 g/mol. The molecule has 0 spiro atoms. The van der Waals surface area contributed by atoms with Gasteiger partial charge in [0.25, 0.3) is 5.91 Å². The van der Waals surface area contributed by atoms with Crippen LogP contribution < -0.4 is 5.43 Å². The van der Waals surface area contributed by atoms with E-state index in [4.69, 9.17) is 0 Å². The molecule has 0 saturated carbocycles. The lowest BCUT2D eigenvalue weighted by Gasteiger charge is -2.06. The number of hydrogen-bond donors (Lipinski definition) is 2. The van der Waals surface area contributed by atoms with Crippen molar-refractivity contribution in [2.24, 2.45) is 5.10 Å². The van der Waals surface area contributed by atoms with Crippen LogP contribution in [-0.2, 0) is 0 Å². The van der Waals surface area contributed by atoms with Gasteiger partial charge in [0.05, 0.1) is 6.21 Å². The summed E-state index contributed by atoms with van der Waals surface area (Å²) in [6, 6.07) is 7.92. The van der Waals surface area contributed by atoms with E-state index < -0.39 is 0 Å². The highest BCUT2D eigenvalue weighted by Crippen LogP contribution is 2.28. The van der Waals surface area contributed by atoms with Crippen LogP contribution in [0.15, 0.2) is 40.9 Å². The standard InChI is InChI=1S/C16H16N4OS/c1-10(2)14-11-5-3-4-6-12(11)19-15(14)16(21)20-18-9-13-17-7-8-22-13/h3-10,19H,1-2H3,(H,20,21)/b18-9-. The first-order valence-electron chi connectivity index (χ1n) is 7.00. The Morgan fingerprint density at radius 1 is 1.41 bits per heavy atom. The highest BCUT2D eigenvalue weighted by atomic mass is 32.1. The third-order valence-electron chi connectivity index (χ3n) is 3.34. The number of carbonyl (C=O) groups excluding carboxylic acids is 1. The number of amides is 1. The molecule has 0 unspecified atom stereocenters.